The van der Waals surface area contributed by atoms with Crippen molar-refractivity contribution in [3.63, 3.8) is 0 Å². The zero-order chi connectivity index (χ0) is 26.2. The van der Waals surface area contributed by atoms with Crippen molar-refractivity contribution in [3.8, 4) is 10.8 Å². The van der Waals surface area contributed by atoms with Gasteiger partial charge in [-0.3, -0.25) is 0 Å². The molecule has 8 heteroatoms. The van der Waals surface area contributed by atoms with Gasteiger partial charge in [0, 0.05) is 36.6 Å². The number of aliphatic hydroxyl groups is 1. The van der Waals surface area contributed by atoms with E-state index in [0.29, 0.717) is 32.5 Å². The molecule has 0 aromatic heterocycles. The van der Waals surface area contributed by atoms with Crippen molar-refractivity contribution >= 4 is 24.2 Å². The molecule has 3 saturated carbocycles. The summed E-state index contributed by atoms with van der Waals surface area (Å²) in [5, 5.41) is 11.5. The van der Waals surface area contributed by atoms with Crippen molar-refractivity contribution in [1.82, 2.24) is 0 Å². The van der Waals surface area contributed by atoms with E-state index in [0.717, 1.165) is 25.7 Å². The first-order valence-corrected chi connectivity index (χ1v) is 16.7. The second-order valence-corrected chi connectivity index (χ2v) is 17.8. The zero-order valence-electron chi connectivity index (χ0n) is 23.1. The summed E-state index contributed by atoms with van der Waals surface area (Å²) in [6.07, 6.45) is 5.62. The monoisotopic (exact) mass is 574 g/mol. The van der Waals surface area contributed by atoms with E-state index in [9.17, 15) is 5.11 Å². The number of fused-ring (bicyclic) bond motifs is 3. The molecule has 0 aromatic rings. The van der Waals surface area contributed by atoms with Crippen LogP contribution in [0.25, 0.3) is 0 Å². The van der Waals surface area contributed by atoms with Crippen LogP contribution < -0.4 is 0 Å². The van der Waals surface area contributed by atoms with Crippen LogP contribution in [0.15, 0.2) is 0 Å². The third-order valence-electron chi connectivity index (χ3n) is 9.88. The SMILES string of the molecule is COCCOCO[C@]12CC[C@](O)(C#CBr)C[C@@]1(OC)CC[C@]1(C)[C@@H](O[Si](C)(C)C(C)(C)C)CC[C@H]12. The van der Waals surface area contributed by atoms with Crippen molar-refractivity contribution in [2.24, 2.45) is 11.3 Å². The second-order valence-electron chi connectivity index (χ2n) is 12.7. The summed E-state index contributed by atoms with van der Waals surface area (Å²) >= 11 is 3.19. The minimum absolute atomic E-state index is 0.0271. The molecule has 1 N–H and O–H groups in total. The van der Waals surface area contributed by atoms with E-state index in [4.69, 9.17) is 23.4 Å². The molecule has 3 fully saturated rings. The Bertz CT molecular complexity index is 806. The highest BCUT2D eigenvalue weighted by Gasteiger charge is 2.71. The second kappa shape index (κ2) is 10.6. The summed E-state index contributed by atoms with van der Waals surface area (Å²) in [5.41, 5.74) is -2.35. The maximum atomic E-state index is 11.4. The van der Waals surface area contributed by atoms with Crippen LogP contribution in [0.4, 0.5) is 0 Å². The van der Waals surface area contributed by atoms with E-state index in [-0.39, 0.29) is 29.3 Å². The van der Waals surface area contributed by atoms with E-state index in [1.165, 1.54) is 0 Å². The maximum Gasteiger partial charge on any atom is 0.192 e. The Morgan fingerprint density at radius 2 is 1.77 bits per heavy atom. The molecule has 0 spiro atoms. The molecule has 35 heavy (non-hydrogen) atoms. The number of ether oxygens (including phenoxy) is 4. The van der Waals surface area contributed by atoms with E-state index in [1.807, 2.05) is 0 Å². The number of methoxy groups -OCH3 is 2. The van der Waals surface area contributed by atoms with Crippen molar-refractivity contribution in [2.45, 2.75) is 114 Å². The normalized spacial score (nSPS) is 39.5. The Kier molecular flexibility index (Phi) is 9.00. The van der Waals surface area contributed by atoms with Crippen LogP contribution in [0.1, 0.15) is 72.6 Å². The Balaban J connectivity index is 1.97. The van der Waals surface area contributed by atoms with Gasteiger partial charge in [-0.15, -0.1) is 0 Å². The highest BCUT2D eigenvalue weighted by molar-refractivity contribution is 9.12. The van der Waals surface area contributed by atoms with Gasteiger partial charge in [0.15, 0.2) is 8.32 Å². The first-order chi connectivity index (χ1) is 16.2. The van der Waals surface area contributed by atoms with Crippen molar-refractivity contribution in [1.29, 1.82) is 0 Å². The molecular formula is C27H47BrO6Si. The maximum absolute atomic E-state index is 11.4. The van der Waals surface area contributed by atoms with Gasteiger partial charge < -0.3 is 28.5 Å². The van der Waals surface area contributed by atoms with Crippen molar-refractivity contribution in [3.05, 3.63) is 0 Å². The minimum Gasteiger partial charge on any atom is -0.413 e. The molecule has 3 aliphatic rings. The van der Waals surface area contributed by atoms with E-state index >= 15 is 0 Å². The first-order valence-electron chi connectivity index (χ1n) is 13.0. The van der Waals surface area contributed by atoms with E-state index in [2.05, 4.69) is 67.5 Å². The Labute approximate surface area is 222 Å². The molecule has 0 heterocycles. The van der Waals surface area contributed by atoms with Crippen molar-refractivity contribution < 1.29 is 28.5 Å². The summed E-state index contributed by atoms with van der Waals surface area (Å²) < 4.78 is 31.2. The van der Waals surface area contributed by atoms with Gasteiger partial charge in [0.25, 0.3) is 0 Å². The molecule has 0 saturated heterocycles. The molecule has 6 nitrogen and oxygen atoms in total. The summed E-state index contributed by atoms with van der Waals surface area (Å²) in [7, 11) is 1.49. The summed E-state index contributed by atoms with van der Waals surface area (Å²) in [6.45, 7) is 15.2. The molecule has 0 radical (unpaired) electrons. The zero-order valence-corrected chi connectivity index (χ0v) is 25.7. The lowest BCUT2D eigenvalue weighted by Gasteiger charge is -2.64. The molecule has 0 aromatic carbocycles. The lowest BCUT2D eigenvalue weighted by atomic mass is 9.49. The van der Waals surface area contributed by atoms with Crippen LogP contribution >= 0.6 is 15.9 Å². The van der Waals surface area contributed by atoms with Crippen LogP contribution in [0.5, 0.6) is 0 Å². The molecule has 3 rings (SSSR count). The average molecular weight is 576 g/mol. The third kappa shape index (κ3) is 5.31. The summed E-state index contributed by atoms with van der Waals surface area (Å²) in [6, 6.07) is 0. The molecule has 0 amide bonds. The Morgan fingerprint density at radius 1 is 1.06 bits per heavy atom. The number of hydrogen-bond donors (Lipinski definition) is 1. The molecular weight excluding hydrogens is 528 g/mol. The molecule has 6 atom stereocenters. The van der Waals surface area contributed by atoms with Gasteiger partial charge in [0.1, 0.15) is 23.6 Å². The summed E-state index contributed by atoms with van der Waals surface area (Å²) in [5.74, 6) is 3.24. The molecule has 0 aliphatic heterocycles. The predicted molar refractivity (Wildman–Crippen MR) is 144 cm³/mol. The van der Waals surface area contributed by atoms with Crippen LogP contribution in [-0.2, 0) is 23.4 Å². The van der Waals surface area contributed by atoms with Crippen molar-refractivity contribution in [2.75, 3.05) is 34.2 Å². The van der Waals surface area contributed by atoms with Gasteiger partial charge in [0.2, 0.25) is 0 Å². The van der Waals surface area contributed by atoms with Crippen LogP contribution in [0, 0.1) is 22.1 Å². The molecule has 3 aliphatic carbocycles. The highest BCUT2D eigenvalue weighted by Crippen LogP contribution is 2.66. The fourth-order valence-electron chi connectivity index (χ4n) is 6.82. The predicted octanol–water partition coefficient (Wildman–Crippen LogP) is 5.62. The van der Waals surface area contributed by atoms with Gasteiger partial charge in [-0.05, 0) is 72.8 Å². The lowest BCUT2D eigenvalue weighted by Crippen LogP contribution is -2.72. The van der Waals surface area contributed by atoms with Crippen LogP contribution in [-0.4, -0.2) is 70.6 Å². The molecule has 202 valence electrons. The highest BCUT2D eigenvalue weighted by atomic mass is 79.9. The van der Waals surface area contributed by atoms with Gasteiger partial charge in [0.05, 0.1) is 19.3 Å². The van der Waals surface area contributed by atoms with Gasteiger partial charge >= 0.3 is 0 Å². The average Bonchev–Trinajstić information content (AvgIpc) is 3.09. The van der Waals surface area contributed by atoms with Gasteiger partial charge in [-0.25, -0.2) is 0 Å². The van der Waals surface area contributed by atoms with Gasteiger partial charge in [-0.2, -0.15) is 0 Å². The quantitative estimate of drug-likeness (QED) is 0.167. The van der Waals surface area contributed by atoms with E-state index < -0.39 is 25.1 Å². The van der Waals surface area contributed by atoms with Gasteiger partial charge in [-0.1, -0.05) is 33.6 Å². The fraction of sp³-hybridized carbons (Fsp3) is 0.926. The van der Waals surface area contributed by atoms with Crippen LogP contribution in [0.3, 0.4) is 0 Å². The minimum atomic E-state index is -1.94. The molecule has 0 bridgehead atoms. The number of hydrogen-bond acceptors (Lipinski definition) is 6. The molecule has 0 unspecified atom stereocenters. The number of halogens is 1. The standard InChI is InChI=1S/C27H47BrO6Si/c1-23(2,3)35(7,8)34-22-10-9-21-24(22,4)11-13-26(31-6)19-25(29,15-16-28)12-14-27(21,26)33-20-32-18-17-30-5/h21-22,29H,9-14,17-20H2,1-8H3/t21-,22+,24+,25+,26+,27+/m1/s1. The smallest absolute Gasteiger partial charge is 0.192 e. The first kappa shape index (κ1) is 29.6. The van der Waals surface area contributed by atoms with E-state index in [1.54, 1.807) is 14.2 Å². The topological polar surface area (TPSA) is 66.4 Å². The lowest BCUT2D eigenvalue weighted by molar-refractivity contribution is -0.317. The fourth-order valence-corrected chi connectivity index (χ4v) is 8.64. The van der Waals surface area contributed by atoms with Crippen LogP contribution in [0.2, 0.25) is 18.1 Å². The third-order valence-corrected chi connectivity index (χ3v) is 14.6. The Hall–Kier alpha value is 0.0169. The Morgan fingerprint density at radius 3 is 2.37 bits per heavy atom. The largest absolute Gasteiger partial charge is 0.413 e. The number of rotatable bonds is 9. The summed E-state index contributed by atoms with van der Waals surface area (Å²) in [4.78, 5) is 2.76.